The van der Waals surface area contributed by atoms with E-state index in [0.717, 1.165) is 48.2 Å². The van der Waals surface area contributed by atoms with Crippen molar-refractivity contribution in [3.8, 4) is 5.75 Å². The summed E-state index contributed by atoms with van der Waals surface area (Å²) in [5, 5.41) is 0. The molecule has 0 atom stereocenters. The molecule has 1 amide bonds. The second-order valence-electron chi connectivity index (χ2n) is 7.88. The Bertz CT molecular complexity index is 1180. The highest BCUT2D eigenvalue weighted by molar-refractivity contribution is 7.87. The topological polar surface area (TPSA) is 63.7 Å². The Labute approximate surface area is 187 Å². The third-order valence-electron chi connectivity index (χ3n) is 5.34. The molecule has 166 valence electrons. The zero-order valence-electron chi connectivity index (χ0n) is 17.5. The Balaban J connectivity index is 1.43. The Morgan fingerprint density at radius 2 is 1.62 bits per heavy atom. The number of hydrogen-bond donors (Lipinski definition) is 0. The molecule has 32 heavy (non-hydrogen) atoms. The molecule has 3 aromatic rings. The molecule has 1 saturated carbocycles. The molecule has 0 saturated heterocycles. The van der Waals surface area contributed by atoms with Crippen molar-refractivity contribution in [2.75, 3.05) is 0 Å². The summed E-state index contributed by atoms with van der Waals surface area (Å²) in [5.41, 5.74) is 1.91. The Morgan fingerprint density at radius 3 is 2.31 bits per heavy atom. The molecule has 0 heterocycles. The second kappa shape index (κ2) is 9.53. The largest absolute Gasteiger partial charge is 0.379 e. The molecule has 4 rings (SSSR count). The van der Waals surface area contributed by atoms with Crippen LogP contribution in [-0.2, 0) is 27.9 Å². The van der Waals surface area contributed by atoms with Gasteiger partial charge in [-0.15, -0.1) is 0 Å². The summed E-state index contributed by atoms with van der Waals surface area (Å²) in [6.45, 7) is 0.395. The van der Waals surface area contributed by atoms with Crippen LogP contribution in [0.3, 0.4) is 0 Å². The number of hydrogen-bond acceptors (Lipinski definition) is 4. The third kappa shape index (κ3) is 5.73. The molecule has 1 aliphatic carbocycles. The Kier molecular flexibility index (Phi) is 6.55. The molecule has 1 fully saturated rings. The highest BCUT2D eigenvalue weighted by Gasteiger charge is 2.32. The molecule has 0 spiro atoms. The molecular weight excluding hydrogens is 429 g/mol. The van der Waals surface area contributed by atoms with Crippen LogP contribution in [0.4, 0.5) is 4.39 Å². The summed E-state index contributed by atoms with van der Waals surface area (Å²) in [6.07, 6.45) is 3.07. The fraction of sp³-hybridized carbons (Fsp3) is 0.240. The van der Waals surface area contributed by atoms with Gasteiger partial charge in [0.2, 0.25) is 5.91 Å². The van der Waals surface area contributed by atoms with E-state index >= 15 is 0 Å². The first-order valence-corrected chi connectivity index (χ1v) is 11.9. The number of halogens is 1. The standard InChI is InChI=1S/C25H24FNO4S/c26-21-10-14-24(15-11-21)32(29,30)31-23-8-4-7-20(17-23)18-27(22-12-13-22)25(28)16-9-19-5-2-1-3-6-19/h1-8,10-11,14-15,17,22H,9,12-13,16,18H2. The summed E-state index contributed by atoms with van der Waals surface area (Å²) in [5.74, 6) is -0.288. The van der Waals surface area contributed by atoms with Crippen LogP contribution in [0.2, 0.25) is 0 Å². The molecule has 0 aliphatic heterocycles. The Morgan fingerprint density at radius 1 is 0.938 bits per heavy atom. The van der Waals surface area contributed by atoms with Crippen molar-refractivity contribution in [2.45, 2.75) is 43.2 Å². The van der Waals surface area contributed by atoms with E-state index in [2.05, 4.69) is 0 Å². The van der Waals surface area contributed by atoms with E-state index in [1.807, 2.05) is 41.3 Å². The minimum absolute atomic E-state index is 0.0848. The smallest absolute Gasteiger partial charge is 0.339 e. The molecule has 0 aromatic heterocycles. The molecule has 7 heteroatoms. The van der Waals surface area contributed by atoms with Gasteiger partial charge in [0.05, 0.1) is 0 Å². The lowest BCUT2D eigenvalue weighted by Crippen LogP contribution is -2.32. The van der Waals surface area contributed by atoms with E-state index in [1.165, 1.54) is 0 Å². The van der Waals surface area contributed by atoms with Gasteiger partial charge < -0.3 is 9.08 Å². The van der Waals surface area contributed by atoms with Gasteiger partial charge in [-0.1, -0.05) is 42.5 Å². The van der Waals surface area contributed by atoms with E-state index in [9.17, 15) is 17.6 Å². The van der Waals surface area contributed by atoms with Crippen molar-refractivity contribution in [1.29, 1.82) is 0 Å². The summed E-state index contributed by atoms with van der Waals surface area (Å²) in [7, 11) is -4.08. The minimum atomic E-state index is -4.08. The van der Waals surface area contributed by atoms with Crippen LogP contribution in [0, 0.1) is 5.82 Å². The molecule has 0 N–H and O–H groups in total. The molecule has 3 aromatic carbocycles. The minimum Gasteiger partial charge on any atom is -0.379 e. The molecule has 0 bridgehead atoms. The fourth-order valence-corrected chi connectivity index (χ4v) is 4.44. The van der Waals surface area contributed by atoms with Gasteiger partial charge in [0.1, 0.15) is 16.5 Å². The first-order chi connectivity index (χ1) is 15.4. The number of amides is 1. The molecule has 1 aliphatic rings. The van der Waals surface area contributed by atoms with Crippen molar-refractivity contribution < 1.29 is 21.8 Å². The molecule has 0 unspecified atom stereocenters. The van der Waals surface area contributed by atoms with E-state index in [1.54, 1.807) is 18.2 Å². The van der Waals surface area contributed by atoms with Gasteiger partial charge in [-0.2, -0.15) is 8.42 Å². The van der Waals surface area contributed by atoms with E-state index in [4.69, 9.17) is 4.18 Å². The maximum absolute atomic E-state index is 13.1. The average Bonchev–Trinajstić information content (AvgIpc) is 3.62. The average molecular weight is 454 g/mol. The highest BCUT2D eigenvalue weighted by atomic mass is 32.2. The third-order valence-corrected chi connectivity index (χ3v) is 6.60. The quantitative estimate of drug-likeness (QED) is 0.440. The number of nitrogens with zero attached hydrogens (tertiary/aromatic N) is 1. The lowest BCUT2D eigenvalue weighted by atomic mass is 10.1. The molecular formula is C25H24FNO4S. The number of aryl methyl sites for hydroxylation is 1. The van der Waals surface area contributed by atoms with Gasteiger partial charge in [-0.05, 0) is 66.8 Å². The van der Waals surface area contributed by atoms with Crippen molar-refractivity contribution in [3.63, 3.8) is 0 Å². The Hall–Kier alpha value is -3.19. The van der Waals surface area contributed by atoms with Crippen LogP contribution in [0.1, 0.15) is 30.4 Å². The van der Waals surface area contributed by atoms with Crippen molar-refractivity contribution in [1.82, 2.24) is 4.90 Å². The van der Waals surface area contributed by atoms with E-state index in [-0.39, 0.29) is 22.6 Å². The fourth-order valence-electron chi connectivity index (χ4n) is 3.52. The lowest BCUT2D eigenvalue weighted by Gasteiger charge is -2.23. The number of carbonyl (C=O) groups excluding carboxylic acids is 1. The molecule has 0 radical (unpaired) electrons. The molecule has 5 nitrogen and oxygen atoms in total. The summed E-state index contributed by atoms with van der Waals surface area (Å²) >= 11 is 0. The van der Waals surface area contributed by atoms with E-state index < -0.39 is 15.9 Å². The highest BCUT2D eigenvalue weighted by Crippen LogP contribution is 2.30. The number of carbonyl (C=O) groups is 1. The van der Waals surface area contributed by atoms with Gasteiger partial charge in [-0.3, -0.25) is 4.79 Å². The van der Waals surface area contributed by atoms with Crippen molar-refractivity contribution >= 4 is 16.0 Å². The van der Waals surface area contributed by atoms with Crippen LogP contribution in [0.15, 0.2) is 83.8 Å². The first kappa shape index (κ1) is 22.0. The SMILES string of the molecule is O=C(CCc1ccccc1)N(Cc1cccc(OS(=O)(=O)c2ccc(F)cc2)c1)C1CC1. The maximum Gasteiger partial charge on any atom is 0.339 e. The second-order valence-corrected chi connectivity index (χ2v) is 9.42. The van der Waals surface area contributed by atoms with Crippen LogP contribution in [0.5, 0.6) is 5.75 Å². The predicted molar refractivity (Wildman–Crippen MR) is 119 cm³/mol. The van der Waals surface area contributed by atoms with Crippen LogP contribution in [0.25, 0.3) is 0 Å². The predicted octanol–water partition coefficient (Wildman–Crippen LogP) is 4.72. The number of benzene rings is 3. The summed E-state index contributed by atoms with van der Waals surface area (Å²) in [4.78, 5) is 14.6. The lowest BCUT2D eigenvalue weighted by molar-refractivity contribution is -0.132. The maximum atomic E-state index is 13.1. The van der Waals surface area contributed by atoms with Crippen LogP contribution < -0.4 is 4.18 Å². The van der Waals surface area contributed by atoms with Gasteiger partial charge in [0, 0.05) is 19.0 Å². The summed E-state index contributed by atoms with van der Waals surface area (Å²) in [6, 6.07) is 21.3. The van der Waals surface area contributed by atoms with Gasteiger partial charge >= 0.3 is 10.1 Å². The van der Waals surface area contributed by atoms with Crippen molar-refractivity contribution in [3.05, 3.63) is 95.8 Å². The normalized spacial score (nSPS) is 13.5. The van der Waals surface area contributed by atoms with Crippen molar-refractivity contribution in [2.24, 2.45) is 0 Å². The monoisotopic (exact) mass is 453 g/mol. The summed E-state index contributed by atoms with van der Waals surface area (Å²) < 4.78 is 43.3. The van der Waals surface area contributed by atoms with Gasteiger partial charge in [0.25, 0.3) is 0 Å². The first-order valence-electron chi connectivity index (χ1n) is 10.5. The number of rotatable bonds is 9. The van der Waals surface area contributed by atoms with Gasteiger partial charge in [0.15, 0.2) is 0 Å². The van der Waals surface area contributed by atoms with Crippen LogP contribution >= 0.6 is 0 Å². The van der Waals surface area contributed by atoms with E-state index in [0.29, 0.717) is 19.4 Å². The zero-order chi connectivity index (χ0) is 22.6. The van der Waals surface area contributed by atoms with Gasteiger partial charge in [-0.25, -0.2) is 4.39 Å². The zero-order valence-corrected chi connectivity index (χ0v) is 18.3. The van der Waals surface area contributed by atoms with Crippen LogP contribution in [-0.4, -0.2) is 25.3 Å².